The van der Waals surface area contributed by atoms with E-state index in [2.05, 4.69) is 29.5 Å². The van der Waals surface area contributed by atoms with Gasteiger partial charge in [0.1, 0.15) is 0 Å². The van der Waals surface area contributed by atoms with Gasteiger partial charge in [-0.2, -0.15) is 11.8 Å². The molecule has 1 amide bonds. The number of nitrogens with zero attached hydrogens (tertiary/aromatic N) is 1. The first-order valence-electron chi connectivity index (χ1n) is 5.43. The summed E-state index contributed by atoms with van der Waals surface area (Å²) in [5.74, 6) is 2.13. The molecule has 1 aromatic carbocycles. The van der Waals surface area contributed by atoms with Gasteiger partial charge in [-0.15, -0.1) is 0 Å². The van der Waals surface area contributed by atoms with Crippen molar-refractivity contribution in [1.29, 1.82) is 0 Å². The summed E-state index contributed by atoms with van der Waals surface area (Å²) in [7, 11) is 0. The molecule has 0 N–H and O–H groups in total. The van der Waals surface area contributed by atoms with Gasteiger partial charge in [-0.1, -0.05) is 11.6 Å². The molecule has 1 aliphatic heterocycles. The van der Waals surface area contributed by atoms with Crippen molar-refractivity contribution >= 4 is 51.9 Å². The second-order valence-corrected chi connectivity index (χ2v) is 6.77. The van der Waals surface area contributed by atoms with E-state index in [9.17, 15) is 4.79 Å². The SMILES string of the molecule is CC1CSCCN1C(=O)c1ccc(I)c(Cl)c1. The zero-order chi connectivity index (χ0) is 12.4. The fraction of sp³-hybridized carbons (Fsp3) is 0.417. The summed E-state index contributed by atoms with van der Waals surface area (Å²) in [6, 6.07) is 5.81. The van der Waals surface area contributed by atoms with Crippen molar-refractivity contribution in [2.24, 2.45) is 0 Å². The van der Waals surface area contributed by atoms with E-state index in [1.54, 1.807) is 6.07 Å². The van der Waals surface area contributed by atoms with Crippen LogP contribution in [0.4, 0.5) is 0 Å². The van der Waals surface area contributed by atoms with E-state index in [4.69, 9.17) is 11.6 Å². The average Bonchev–Trinajstić information content (AvgIpc) is 2.32. The third kappa shape index (κ3) is 3.09. The summed E-state index contributed by atoms with van der Waals surface area (Å²) in [4.78, 5) is 14.3. The van der Waals surface area contributed by atoms with Crippen molar-refractivity contribution in [3.8, 4) is 0 Å². The summed E-state index contributed by atoms with van der Waals surface area (Å²) < 4.78 is 0.975. The molecule has 1 fully saturated rings. The van der Waals surface area contributed by atoms with Crippen LogP contribution in [0.25, 0.3) is 0 Å². The van der Waals surface area contributed by atoms with Crippen LogP contribution in [0.5, 0.6) is 0 Å². The highest BCUT2D eigenvalue weighted by atomic mass is 127. The molecule has 0 saturated carbocycles. The van der Waals surface area contributed by atoms with Crippen molar-refractivity contribution in [2.45, 2.75) is 13.0 Å². The van der Waals surface area contributed by atoms with Crippen LogP contribution in [0, 0.1) is 3.57 Å². The Bertz CT molecular complexity index is 441. The Kier molecular flexibility index (Phi) is 4.60. The minimum atomic E-state index is 0.0936. The van der Waals surface area contributed by atoms with Gasteiger partial charge in [-0.05, 0) is 47.7 Å². The molecule has 0 aliphatic carbocycles. The summed E-state index contributed by atoms with van der Waals surface area (Å²) in [5.41, 5.74) is 0.689. The second-order valence-electron chi connectivity index (χ2n) is 4.05. The predicted molar refractivity (Wildman–Crippen MR) is 82.0 cm³/mol. The van der Waals surface area contributed by atoms with E-state index in [0.717, 1.165) is 21.6 Å². The standard InChI is InChI=1S/C12H13ClINOS/c1-8-7-17-5-4-15(8)12(16)9-2-3-11(14)10(13)6-9/h2-3,6,8H,4-5,7H2,1H3. The summed E-state index contributed by atoms with van der Waals surface area (Å²) in [6.45, 7) is 2.92. The maximum Gasteiger partial charge on any atom is 0.254 e. The smallest absolute Gasteiger partial charge is 0.254 e. The zero-order valence-electron chi connectivity index (χ0n) is 9.45. The summed E-state index contributed by atoms with van der Waals surface area (Å²) in [5, 5.41) is 0.649. The molecule has 0 bridgehead atoms. The molecule has 2 nitrogen and oxygen atoms in total. The Morgan fingerprint density at radius 1 is 1.59 bits per heavy atom. The largest absolute Gasteiger partial charge is 0.334 e. The number of hydrogen-bond acceptors (Lipinski definition) is 2. The minimum absolute atomic E-state index is 0.0936. The van der Waals surface area contributed by atoms with Crippen LogP contribution in [-0.4, -0.2) is 34.9 Å². The van der Waals surface area contributed by atoms with E-state index in [0.29, 0.717) is 16.6 Å². The van der Waals surface area contributed by atoms with Gasteiger partial charge in [0, 0.05) is 33.2 Å². The van der Waals surface area contributed by atoms with E-state index in [1.165, 1.54) is 0 Å². The molecular weight excluding hydrogens is 369 g/mol. The molecule has 0 spiro atoms. The molecule has 1 heterocycles. The first-order chi connectivity index (χ1) is 8.09. The van der Waals surface area contributed by atoms with Crippen molar-refractivity contribution < 1.29 is 4.79 Å². The van der Waals surface area contributed by atoms with Crippen LogP contribution in [0.2, 0.25) is 5.02 Å². The number of halogens is 2. The number of thioether (sulfide) groups is 1. The number of benzene rings is 1. The molecule has 0 radical (unpaired) electrons. The molecular formula is C12H13ClINOS. The first-order valence-corrected chi connectivity index (χ1v) is 8.04. The molecule has 1 aliphatic rings. The minimum Gasteiger partial charge on any atom is -0.334 e. The van der Waals surface area contributed by atoms with E-state index in [-0.39, 0.29) is 5.91 Å². The van der Waals surface area contributed by atoms with E-state index in [1.807, 2.05) is 28.8 Å². The van der Waals surface area contributed by atoms with E-state index >= 15 is 0 Å². The van der Waals surface area contributed by atoms with Gasteiger partial charge >= 0.3 is 0 Å². The summed E-state index contributed by atoms with van der Waals surface area (Å²) >= 11 is 10.1. The molecule has 1 unspecified atom stereocenters. The van der Waals surface area contributed by atoms with Gasteiger partial charge in [0.25, 0.3) is 5.91 Å². The third-order valence-corrected chi connectivity index (χ3v) is 5.56. The Morgan fingerprint density at radius 3 is 3.00 bits per heavy atom. The van der Waals surface area contributed by atoms with Crippen LogP contribution < -0.4 is 0 Å². The van der Waals surface area contributed by atoms with Gasteiger partial charge in [0.05, 0.1) is 5.02 Å². The highest BCUT2D eigenvalue weighted by Crippen LogP contribution is 2.23. The lowest BCUT2D eigenvalue weighted by molar-refractivity contribution is 0.0716. The second kappa shape index (κ2) is 5.80. The fourth-order valence-corrected chi connectivity index (χ4v) is 3.35. The highest BCUT2D eigenvalue weighted by molar-refractivity contribution is 14.1. The Morgan fingerprint density at radius 2 is 2.35 bits per heavy atom. The number of carbonyl (C=O) groups is 1. The van der Waals surface area contributed by atoms with Crippen molar-refractivity contribution in [1.82, 2.24) is 4.90 Å². The Labute approximate surface area is 124 Å². The molecule has 92 valence electrons. The topological polar surface area (TPSA) is 20.3 Å². The van der Waals surface area contributed by atoms with Crippen LogP contribution >= 0.6 is 46.0 Å². The van der Waals surface area contributed by atoms with Crippen molar-refractivity contribution in [3.63, 3.8) is 0 Å². The van der Waals surface area contributed by atoms with Gasteiger partial charge in [0.2, 0.25) is 0 Å². The molecule has 17 heavy (non-hydrogen) atoms. The Balaban J connectivity index is 2.21. The molecule has 1 atom stereocenters. The molecule has 0 aromatic heterocycles. The molecule has 5 heteroatoms. The number of amides is 1. The van der Waals surface area contributed by atoms with Crippen LogP contribution in [0.1, 0.15) is 17.3 Å². The Hall–Kier alpha value is 0.0600. The zero-order valence-corrected chi connectivity index (χ0v) is 13.2. The van der Waals surface area contributed by atoms with Gasteiger partial charge in [-0.25, -0.2) is 0 Å². The van der Waals surface area contributed by atoms with E-state index < -0.39 is 0 Å². The predicted octanol–water partition coefficient (Wildman–Crippen LogP) is 3.52. The molecule has 1 saturated heterocycles. The lowest BCUT2D eigenvalue weighted by Crippen LogP contribution is -2.44. The maximum atomic E-state index is 12.3. The maximum absolute atomic E-state index is 12.3. The van der Waals surface area contributed by atoms with Crippen molar-refractivity contribution in [2.75, 3.05) is 18.1 Å². The van der Waals surface area contributed by atoms with Gasteiger partial charge in [0.15, 0.2) is 0 Å². The van der Waals surface area contributed by atoms with Crippen LogP contribution in [0.3, 0.4) is 0 Å². The lowest BCUT2D eigenvalue weighted by atomic mass is 10.1. The molecule has 1 aromatic rings. The van der Waals surface area contributed by atoms with Crippen molar-refractivity contribution in [3.05, 3.63) is 32.4 Å². The number of hydrogen-bond donors (Lipinski definition) is 0. The number of rotatable bonds is 1. The quantitative estimate of drug-likeness (QED) is 0.694. The van der Waals surface area contributed by atoms with Crippen LogP contribution in [-0.2, 0) is 0 Å². The van der Waals surface area contributed by atoms with Crippen LogP contribution in [0.15, 0.2) is 18.2 Å². The fourth-order valence-electron chi connectivity index (χ4n) is 1.82. The summed E-state index contributed by atoms with van der Waals surface area (Å²) in [6.07, 6.45) is 0. The van der Waals surface area contributed by atoms with Gasteiger partial charge in [-0.3, -0.25) is 4.79 Å². The third-order valence-electron chi connectivity index (χ3n) is 2.80. The lowest BCUT2D eigenvalue weighted by Gasteiger charge is -2.33. The van der Waals surface area contributed by atoms with Gasteiger partial charge < -0.3 is 4.90 Å². The first kappa shape index (κ1) is 13.5. The average molecular weight is 382 g/mol. The number of carbonyl (C=O) groups excluding carboxylic acids is 1. The normalized spacial score (nSPS) is 20.4. The highest BCUT2D eigenvalue weighted by Gasteiger charge is 2.24. The molecule has 2 rings (SSSR count). The monoisotopic (exact) mass is 381 g/mol.